The molecule has 8 heteroatoms. The van der Waals surface area contributed by atoms with Crippen LogP contribution in [0.2, 0.25) is 0 Å². The molecule has 3 N–H and O–H groups in total. The van der Waals surface area contributed by atoms with Gasteiger partial charge in [-0.25, -0.2) is 4.39 Å². The molecular weight excluding hydrogens is 368 g/mol. The van der Waals surface area contributed by atoms with E-state index in [9.17, 15) is 17.0 Å². The monoisotopic (exact) mass is 385 g/mol. The third kappa shape index (κ3) is 6.79. The Bertz CT molecular complexity index is 705. The van der Waals surface area contributed by atoms with Crippen LogP contribution in [0.4, 0.5) is 10.1 Å². The Kier molecular flexibility index (Phi) is 7.19. The number of hydrogen-bond acceptors (Lipinski definition) is 4. The smallest absolute Gasteiger partial charge is 0.123 e. The minimum Gasteiger partial charge on any atom is -0.207 e. The second-order valence-electron chi connectivity index (χ2n) is 4.63. The molecule has 0 aliphatic heterocycles. The number of anilines is 1. The molecule has 0 fully saturated rings. The van der Waals surface area contributed by atoms with E-state index in [2.05, 4.69) is 9.19 Å². The van der Waals surface area contributed by atoms with Crippen molar-refractivity contribution in [3.63, 3.8) is 0 Å². The number of nitrogens with one attached hydrogen (secondary N) is 1. The number of carbonyl (C=O) groups excluding carboxylic acids is 1. The van der Waals surface area contributed by atoms with E-state index in [0.29, 0.717) is 5.69 Å². The fourth-order valence-corrected chi connectivity index (χ4v) is 3.02. The van der Waals surface area contributed by atoms with Crippen molar-refractivity contribution in [1.82, 2.24) is 0 Å². The van der Waals surface area contributed by atoms with Crippen molar-refractivity contribution in [2.24, 2.45) is 0 Å². The van der Waals surface area contributed by atoms with Gasteiger partial charge in [0.1, 0.15) is 5.82 Å². The maximum Gasteiger partial charge on any atom is 0.123 e. The fraction of sp³-hybridized carbons (Fsp3) is 0.133. The van der Waals surface area contributed by atoms with Gasteiger partial charge in [-0.2, -0.15) is 0 Å². The van der Waals surface area contributed by atoms with Gasteiger partial charge in [-0.1, -0.05) is 12.1 Å². The van der Waals surface area contributed by atoms with Gasteiger partial charge in [0.2, 0.25) is 0 Å². The van der Waals surface area contributed by atoms with E-state index in [1.807, 2.05) is 13.0 Å². The van der Waals surface area contributed by atoms with E-state index in [1.165, 1.54) is 37.3 Å². The zero-order valence-electron chi connectivity index (χ0n) is 12.6. The van der Waals surface area contributed by atoms with Gasteiger partial charge < -0.3 is 0 Å². The molecule has 23 heavy (non-hydrogen) atoms. The van der Waals surface area contributed by atoms with Crippen LogP contribution in [-0.4, -0.2) is 29.4 Å². The van der Waals surface area contributed by atoms with Crippen molar-refractivity contribution in [1.29, 1.82) is 0 Å². The number of hydrogen-bond donors (Lipinski definition) is 3. The maximum atomic E-state index is 12.2. The summed E-state index contributed by atoms with van der Waals surface area (Å²) in [6.45, 7) is 3.18. The quantitative estimate of drug-likeness (QED) is 0.426. The summed E-state index contributed by atoms with van der Waals surface area (Å²) in [6.07, 6.45) is 0. The number of halogens is 1. The molecule has 6 nitrogen and oxygen atoms in total. The Morgan fingerprint density at radius 3 is 2.35 bits per heavy atom. The molecule has 0 saturated heterocycles. The molecule has 0 bridgehead atoms. The first-order valence-electron chi connectivity index (χ1n) is 6.51. The molecule has 2 aromatic carbocycles. The summed E-state index contributed by atoms with van der Waals surface area (Å²) in [5.41, 5.74) is 1.33. The fourth-order valence-electron chi connectivity index (χ4n) is 1.62. The third-order valence-corrected chi connectivity index (χ3v) is 5.00. The summed E-state index contributed by atoms with van der Waals surface area (Å²) >= 11 is -4.83. The first-order chi connectivity index (χ1) is 10.7. The van der Waals surface area contributed by atoms with E-state index in [4.69, 9.17) is 5.26 Å². The average Bonchev–Trinajstić information content (AvgIpc) is 2.47. The summed E-state index contributed by atoms with van der Waals surface area (Å²) in [6, 6.07) is 12.1. The molecule has 0 radical (unpaired) electrons. The second-order valence-corrected chi connectivity index (χ2v) is 8.24. The van der Waals surface area contributed by atoms with Gasteiger partial charge in [-0.3, -0.25) is 0 Å². The number of benzene rings is 2. The number of carbonyl (C=O) groups is 1. The van der Waals surface area contributed by atoms with Gasteiger partial charge in [0.15, 0.2) is 0 Å². The van der Waals surface area contributed by atoms with Gasteiger partial charge in [-0.15, -0.1) is 0 Å². The molecule has 1 atom stereocenters. The largest absolute Gasteiger partial charge is 0.207 e. The number of amides is 1. The summed E-state index contributed by atoms with van der Waals surface area (Å²) in [5.74, 6) is -0.456. The van der Waals surface area contributed by atoms with Gasteiger partial charge in [0, 0.05) is 0 Å². The van der Waals surface area contributed by atoms with Crippen LogP contribution in [0.3, 0.4) is 0 Å². The average molecular weight is 385 g/mol. The standard InChI is InChI=1S/C8H10AsNO5.C7H7F/c1-6(11)10-8-4-2-3-7(5-8)9(12,13)15-14;1-6-3-2-4-7(8)5-6/h2-5,14H,1H3,(H,10,11)(H,12,13);2-5H,1H3. The zero-order valence-corrected chi connectivity index (χ0v) is 14.4. The molecular formula is C15H17AsFNO5. The Morgan fingerprint density at radius 1 is 1.22 bits per heavy atom. The molecule has 0 saturated carbocycles. The predicted molar refractivity (Wildman–Crippen MR) is 83.9 cm³/mol. The SMILES string of the molecule is CC(=O)Nc1cccc([As](=O)(O)OO)c1.Cc1cccc(F)c1. The molecule has 2 aromatic rings. The minimum atomic E-state index is -4.83. The third-order valence-electron chi connectivity index (χ3n) is 2.58. The summed E-state index contributed by atoms with van der Waals surface area (Å²) in [7, 11) is 0. The van der Waals surface area contributed by atoms with Crippen LogP contribution in [0.15, 0.2) is 48.5 Å². The van der Waals surface area contributed by atoms with Crippen molar-refractivity contribution in [2.75, 3.05) is 5.32 Å². The Balaban J connectivity index is 0.000000277. The minimum absolute atomic E-state index is 0.0399. The van der Waals surface area contributed by atoms with Gasteiger partial charge in [0.05, 0.1) is 0 Å². The Morgan fingerprint density at radius 2 is 1.87 bits per heavy atom. The first-order valence-corrected chi connectivity index (χ1v) is 9.82. The van der Waals surface area contributed by atoms with E-state index >= 15 is 0 Å². The molecule has 0 aliphatic rings. The van der Waals surface area contributed by atoms with Crippen LogP contribution in [0.1, 0.15) is 12.5 Å². The molecule has 0 heterocycles. The second kappa shape index (κ2) is 8.64. The molecule has 0 aliphatic carbocycles. The molecule has 124 valence electrons. The molecule has 0 spiro atoms. The van der Waals surface area contributed by atoms with Crippen LogP contribution < -0.4 is 9.67 Å². The van der Waals surface area contributed by atoms with Crippen molar-refractivity contribution in [3.05, 3.63) is 59.9 Å². The van der Waals surface area contributed by atoms with E-state index in [1.54, 1.807) is 12.1 Å². The van der Waals surface area contributed by atoms with Crippen LogP contribution in [0.5, 0.6) is 0 Å². The van der Waals surface area contributed by atoms with Crippen molar-refractivity contribution >= 4 is 30.1 Å². The van der Waals surface area contributed by atoms with Gasteiger partial charge >= 0.3 is 88.4 Å². The Labute approximate surface area is 135 Å². The number of aryl methyl sites for hydroxylation is 1. The van der Waals surface area contributed by atoms with Gasteiger partial charge in [-0.05, 0) is 24.6 Å². The molecule has 0 aromatic heterocycles. The normalized spacial score (nSPS) is 12.6. The molecule has 1 unspecified atom stereocenters. The van der Waals surface area contributed by atoms with Crippen LogP contribution in [0, 0.1) is 12.7 Å². The van der Waals surface area contributed by atoms with Crippen LogP contribution >= 0.6 is 0 Å². The topological polar surface area (TPSA) is 95.9 Å². The Hall–Kier alpha value is -1.92. The zero-order chi connectivity index (χ0) is 17.5. The van der Waals surface area contributed by atoms with Crippen LogP contribution in [-0.2, 0) is 12.4 Å². The van der Waals surface area contributed by atoms with Gasteiger partial charge in [0.25, 0.3) is 0 Å². The van der Waals surface area contributed by atoms with Crippen molar-refractivity contribution in [2.45, 2.75) is 13.8 Å². The van der Waals surface area contributed by atoms with E-state index in [0.717, 1.165) is 5.56 Å². The number of rotatable bonds is 3. The predicted octanol–water partition coefficient (Wildman–Crippen LogP) is 1.84. The summed E-state index contributed by atoms with van der Waals surface area (Å²) in [5, 5.41) is 10.7. The van der Waals surface area contributed by atoms with Crippen molar-refractivity contribution in [3.8, 4) is 0 Å². The molecule has 2 rings (SSSR count). The first kappa shape index (κ1) is 19.1. The maximum absolute atomic E-state index is 12.2. The summed E-state index contributed by atoms with van der Waals surface area (Å²) in [4.78, 5) is 10.7. The van der Waals surface area contributed by atoms with Crippen molar-refractivity contribution < 1.29 is 26.2 Å². The van der Waals surface area contributed by atoms with E-state index < -0.39 is 14.2 Å². The molecule has 1 amide bonds. The van der Waals surface area contributed by atoms with Crippen LogP contribution in [0.25, 0.3) is 0 Å². The summed E-state index contributed by atoms with van der Waals surface area (Å²) < 4.78 is 36.1. The van der Waals surface area contributed by atoms with E-state index in [-0.39, 0.29) is 16.1 Å².